The van der Waals surface area contributed by atoms with Crippen LogP contribution in [-0.4, -0.2) is 66.2 Å². The Morgan fingerprint density at radius 3 is 2.24 bits per heavy atom. The minimum atomic E-state index is -1.41. The molecule has 0 bridgehead atoms. The summed E-state index contributed by atoms with van der Waals surface area (Å²) in [5.41, 5.74) is -0.630. The summed E-state index contributed by atoms with van der Waals surface area (Å²) in [5, 5.41) is 23.3. The number of carboxylic acid groups (broad SMARTS) is 1. The molecule has 0 unspecified atom stereocenters. The Bertz CT molecular complexity index is 524. The van der Waals surface area contributed by atoms with E-state index in [1.54, 1.807) is 20.8 Å². The van der Waals surface area contributed by atoms with E-state index in [9.17, 15) is 19.8 Å². The van der Waals surface area contributed by atoms with Gasteiger partial charge in [0.15, 0.2) is 0 Å². The van der Waals surface area contributed by atoms with Crippen LogP contribution in [0.1, 0.15) is 59.3 Å². The van der Waals surface area contributed by atoms with Crippen LogP contribution in [0.2, 0.25) is 25.7 Å². The van der Waals surface area contributed by atoms with Gasteiger partial charge in [-0.1, -0.05) is 51.7 Å². The van der Waals surface area contributed by atoms with Crippen LogP contribution in [-0.2, 0) is 4.74 Å². The maximum atomic E-state index is 12.3. The van der Waals surface area contributed by atoms with E-state index in [1.807, 2.05) is 0 Å². The minimum Gasteiger partial charge on any atom is -0.465 e. The number of carbonyl (C=O) groups is 2. The Morgan fingerprint density at radius 2 is 1.76 bits per heavy atom. The zero-order valence-electron chi connectivity index (χ0n) is 19.2. The quantitative estimate of drug-likeness (QED) is 0.467. The Labute approximate surface area is 177 Å². The molecule has 2 amide bonds. The minimum absolute atomic E-state index is 0.00695. The molecule has 1 rings (SSSR count). The fourth-order valence-electron chi connectivity index (χ4n) is 3.64. The second-order valence-corrected chi connectivity index (χ2v) is 16.2. The Hall–Kier alpha value is -1.28. The third-order valence-corrected chi connectivity index (χ3v) is 7.01. The van der Waals surface area contributed by atoms with E-state index in [1.165, 1.54) is 11.3 Å². The number of aliphatic hydroxyl groups excluding tert-OH is 1. The molecule has 1 saturated carbocycles. The summed E-state index contributed by atoms with van der Waals surface area (Å²) in [6.07, 6.45) is 3.79. The summed E-state index contributed by atoms with van der Waals surface area (Å²) >= 11 is 0. The molecular weight excluding hydrogens is 388 g/mol. The van der Waals surface area contributed by atoms with Gasteiger partial charge in [-0.2, -0.15) is 0 Å². The molecule has 29 heavy (non-hydrogen) atoms. The van der Waals surface area contributed by atoms with Crippen LogP contribution in [0, 0.1) is 5.92 Å². The maximum absolute atomic E-state index is 12.3. The lowest BCUT2D eigenvalue weighted by atomic mass is 9.83. The molecule has 1 aliphatic carbocycles. The van der Waals surface area contributed by atoms with E-state index in [4.69, 9.17) is 4.74 Å². The average Bonchev–Trinajstić information content (AvgIpc) is 2.56. The van der Waals surface area contributed by atoms with Gasteiger partial charge >= 0.3 is 12.2 Å². The molecule has 1 fully saturated rings. The molecule has 0 aliphatic heterocycles. The normalized spacial score (nSPS) is 18.0. The van der Waals surface area contributed by atoms with Crippen molar-refractivity contribution in [1.82, 2.24) is 10.2 Å². The maximum Gasteiger partial charge on any atom is 0.407 e. The number of hydrogen-bond acceptors (Lipinski definition) is 4. The largest absolute Gasteiger partial charge is 0.465 e. The molecule has 7 nitrogen and oxygen atoms in total. The average molecular weight is 431 g/mol. The zero-order chi connectivity index (χ0) is 22.2. The van der Waals surface area contributed by atoms with E-state index in [-0.39, 0.29) is 6.54 Å². The van der Waals surface area contributed by atoms with Crippen molar-refractivity contribution in [3.63, 3.8) is 0 Å². The first-order valence-corrected chi connectivity index (χ1v) is 14.6. The Balaban J connectivity index is 2.81. The predicted octanol–water partition coefficient (Wildman–Crippen LogP) is 4.53. The number of carbonyl (C=O) groups excluding carboxylic acids is 1. The third-order valence-electron chi connectivity index (χ3n) is 5.29. The van der Waals surface area contributed by atoms with Gasteiger partial charge in [0, 0.05) is 14.6 Å². The molecule has 0 radical (unpaired) electrons. The molecule has 2 atom stereocenters. The van der Waals surface area contributed by atoms with E-state index < -0.39 is 38.0 Å². The number of nitrogens with one attached hydrogen (secondary N) is 1. The number of aliphatic hydroxyl groups is 1. The zero-order valence-corrected chi connectivity index (χ0v) is 20.2. The number of ether oxygens (including phenoxy) is 1. The summed E-state index contributed by atoms with van der Waals surface area (Å²) in [6.45, 7) is 12.4. The van der Waals surface area contributed by atoms with Crippen molar-refractivity contribution >= 4 is 20.3 Å². The highest BCUT2D eigenvalue weighted by Crippen LogP contribution is 2.28. The first-order valence-electron chi connectivity index (χ1n) is 10.9. The highest BCUT2D eigenvalue weighted by atomic mass is 28.3. The number of rotatable bonds is 9. The van der Waals surface area contributed by atoms with Gasteiger partial charge in [-0.3, -0.25) is 0 Å². The molecule has 0 saturated heterocycles. The van der Waals surface area contributed by atoms with Crippen LogP contribution in [0.3, 0.4) is 0 Å². The van der Waals surface area contributed by atoms with Gasteiger partial charge in [0.05, 0.1) is 18.7 Å². The van der Waals surface area contributed by atoms with Gasteiger partial charge < -0.3 is 25.2 Å². The van der Waals surface area contributed by atoms with E-state index in [0.717, 1.165) is 31.7 Å². The highest BCUT2D eigenvalue weighted by molar-refractivity contribution is 6.76. The van der Waals surface area contributed by atoms with Crippen molar-refractivity contribution in [2.45, 2.75) is 103 Å². The lowest BCUT2D eigenvalue weighted by molar-refractivity contribution is 0.0331. The smallest absolute Gasteiger partial charge is 0.407 e. The third kappa shape index (κ3) is 11.5. The van der Waals surface area contributed by atoms with Crippen LogP contribution in [0.25, 0.3) is 0 Å². The van der Waals surface area contributed by atoms with Gasteiger partial charge in [0.2, 0.25) is 0 Å². The molecule has 0 heterocycles. The summed E-state index contributed by atoms with van der Waals surface area (Å²) in [4.78, 5) is 25.3. The standard InChI is InChI=1S/C21H42N2O5Si/c1-21(2,3)28-19(25)22-17(14-16-10-8-7-9-11-16)18(24)15-23(20(26)27)12-13-29(4,5)6/h16-18,24H,7-15H2,1-6H3,(H,22,25)(H,26,27)/t17-,18-/m0/s1. The highest BCUT2D eigenvalue weighted by Gasteiger charge is 2.30. The van der Waals surface area contributed by atoms with E-state index >= 15 is 0 Å². The topological polar surface area (TPSA) is 99.1 Å². The van der Waals surface area contributed by atoms with Crippen LogP contribution in [0.15, 0.2) is 0 Å². The molecule has 0 spiro atoms. The van der Waals surface area contributed by atoms with Gasteiger partial charge in [-0.25, -0.2) is 9.59 Å². The van der Waals surface area contributed by atoms with Crippen molar-refractivity contribution in [3.8, 4) is 0 Å². The molecular formula is C21H42N2O5Si. The van der Waals surface area contributed by atoms with Crippen LogP contribution < -0.4 is 5.32 Å². The van der Waals surface area contributed by atoms with Gasteiger partial charge in [0.1, 0.15) is 5.60 Å². The summed E-state index contributed by atoms with van der Waals surface area (Å²) in [6, 6.07) is 0.306. The first kappa shape index (κ1) is 25.8. The SMILES string of the molecule is CC(C)(C)OC(=O)N[C@@H](CC1CCCCC1)[C@@H](O)CN(CC[Si](C)(C)C)C(=O)O. The number of alkyl carbamates (subject to hydrolysis) is 1. The van der Waals surface area contributed by atoms with Crippen LogP contribution in [0.4, 0.5) is 9.59 Å². The van der Waals surface area contributed by atoms with Crippen molar-refractivity contribution < 1.29 is 24.5 Å². The predicted molar refractivity (Wildman–Crippen MR) is 118 cm³/mol. The van der Waals surface area contributed by atoms with Crippen molar-refractivity contribution in [2.24, 2.45) is 5.92 Å². The summed E-state index contributed by atoms with van der Waals surface area (Å²) < 4.78 is 5.37. The molecule has 1 aliphatic rings. The molecule has 170 valence electrons. The molecule has 0 aromatic rings. The van der Waals surface area contributed by atoms with Gasteiger partial charge in [-0.15, -0.1) is 0 Å². The van der Waals surface area contributed by atoms with Crippen LogP contribution in [0.5, 0.6) is 0 Å². The van der Waals surface area contributed by atoms with E-state index in [2.05, 4.69) is 25.0 Å². The first-order chi connectivity index (χ1) is 13.3. The molecule has 8 heteroatoms. The lowest BCUT2D eigenvalue weighted by Crippen LogP contribution is -2.51. The summed E-state index contributed by atoms with van der Waals surface area (Å²) in [5.74, 6) is 0.429. The summed E-state index contributed by atoms with van der Waals surface area (Å²) in [7, 11) is -1.41. The fourth-order valence-corrected chi connectivity index (χ4v) is 4.58. The van der Waals surface area contributed by atoms with Gasteiger partial charge in [-0.05, 0) is 39.2 Å². The number of amides is 2. The van der Waals surface area contributed by atoms with Crippen LogP contribution >= 0.6 is 0 Å². The van der Waals surface area contributed by atoms with Crippen molar-refractivity contribution in [3.05, 3.63) is 0 Å². The Kier molecular flexibility index (Phi) is 9.95. The lowest BCUT2D eigenvalue weighted by Gasteiger charge is -2.33. The molecule has 0 aromatic carbocycles. The second kappa shape index (κ2) is 11.2. The number of nitrogens with zero attached hydrogens (tertiary/aromatic N) is 1. The van der Waals surface area contributed by atoms with Gasteiger partial charge in [0.25, 0.3) is 0 Å². The van der Waals surface area contributed by atoms with Crippen molar-refractivity contribution in [2.75, 3.05) is 13.1 Å². The molecule has 0 aromatic heterocycles. The Morgan fingerprint density at radius 1 is 1.17 bits per heavy atom. The monoisotopic (exact) mass is 430 g/mol. The number of hydrogen-bond donors (Lipinski definition) is 3. The van der Waals surface area contributed by atoms with E-state index in [0.29, 0.717) is 18.9 Å². The fraction of sp³-hybridized carbons (Fsp3) is 0.905. The second-order valence-electron chi connectivity index (χ2n) is 10.6. The van der Waals surface area contributed by atoms with Crippen molar-refractivity contribution in [1.29, 1.82) is 0 Å². The molecule has 3 N–H and O–H groups in total.